The summed E-state index contributed by atoms with van der Waals surface area (Å²) in [5, 5.41) is 1.84. The maximum atomic E-state index is 12.9. The number of fused-ring (bicyclic) bond motifs is 3. The van der Waals surface area contributed by atoms with Gasteiger partial charge in [0, 0.05) is 23.1 Å². The first kappa shape index (κ1) is 14.3. The lowest BCUT2D eigenvalue weighted by molar-refractivity contribution is 0.561. The van der Waals surface area contributed by atoms with Crippen LogP contribution in [0.3, 0.4) is 0 Å². The lowest BCUT2D eigenvalue weighted by atomic mass is 10.2. The molecule has 21 heavy (non-hydrogen) atoms. The summed E-state index contributed by atoms with van der Waals surface area (Å²) in [4.78, 5) is 18.5. The van der Waals surface area contributed by atoms with E-state index in [-0.39, 0.29) is 5.56 Å². The van der Waals surface area contributed by atoms with Gasteiger partial charge in [-0.1, -0.05) is 44.9 Å². The van der Waals surface area contributed by atoms with Crippen LogP contribution in [0.25, 0.3) is 20.3 Å². The molecule has 0 aliphatic rings. The molecule has 3 nitrogen and oxygen atoms in total. The lowest BCUT2D eigenvalue weighted by Crippen LogP contribution is -2.24. The Labute approximate surface area is 128 Å². The number of benzene rings is 1. The van der Waals surface area contributed by atoms with Gasteiger partial charge in [-0.15, -0.1) is 11.3 Å². The Kier molecular flexibility index (Phi) is 4.06. The number of aromatic nitrogens is 2. The van der Waals surface area contributed by atoms with Crippen molar-refractivity contribution in [1.82, 2.24) is 9.55 Å². The summed E-state index contributed by atoms with van der Waals surface area (Å²) in [5.41, 5.74) is 0.130. The molecule has 2 heterocycles. The van der Waals surface area contributed by atoms with Crippen LogP contribution in [0.5, 0.6) is 0 Å². The highest BCUT2D eigenvalue weighted by Crippen LogP contribution is 2.30. The third kappa shape index (κ3) is 2.48. The van der Waals surface area contributed by atoms with Gasteiger partial charge in [-0.2, -0.15) is 0 Å². The van der Waals surface area contributed by atoms with Crippen LogP contribution in [-0.2, 0) is 13.0 Å². The zero-order chi connectivity index (χ0) is 14.8. The average Bonchev–Trinajstić information content (AvgIpc) is 2.87. The van der Waals surface area contributed by atoms with E-state index in [1.165, 1.54) is 0 Å². The molecule has 0 unspecified atom stereocenters. The van der Waals surface area contributed by atoms with Crippen molar-refractivity contribution in [3.63, 3.8) is 0 Å². The third-order valence-corrected chi connectivity index (χ3v) is 4.94. The highest BCUT2D eigenvalue weighted by Gasteiger charge is 2.14. The Hall–Kier alpha value is -1.68. The molecule has 0 radical (unpaired) electrons. The van der Waals surface area contributed by atoms with Crippen molar-refractivity contribution in [3.05, 3.63) is 40.4 Å². The fourth-order valence-electron chi connectivity index (χ4n) is 2.77. The van der Waals surface area contributed by atoms with Gasteiger partial charge in [0.25, 0.3) is 5.56 Å². The van der Waals surface area contributed by atoms with Crippen LogP contribution in [0.2, 0.25) is 0 Å². The number of aryl methyl sites for hydroxylation is 1. The third-order valence-electron chi connectivity index (χ3n) is 3.88. The molecule has 2 aromatic heterocycles. The van der Waals surface area contributed by atoms with E-state index in [2.05, 4.69) is 19.9 Å². The number of unbranched alkanes of at least 4 members (excludes halogenated alkanes) is 2. The summed E-state index contributed by atoms with van der Waals surface area (Å²) < 4.78 is 3.03. The van der Waals surface area contributed by atoms with Crippen molar-refractivity contribution in [1.29, 1.82) is 0 Å². The molecule has 0 atom stereocenters. The average molecular weight is 300 g/mol. The van der Waals surface area contributed by atoms with Gasteiger partial charge in [-0.3, -0.25) is 9.36 Å². The van der Waals surface area contributed by atoms with Crippen molar-refractivity contribution < 1.29 is 0 Å². The van der Waals surface area contributed by atoms with Gasteiger partial charge in [0.05, 0.1) is 5.39 Å². The van der Waals surface area contributed by atoms with Gasteiger partial charge in [-0.05, 0) is 12.5 Å². The van der Waals surface area contributed by atoms with Crippen LogP contribution < -0.4 is 5.56 Å². The molecule has 0 N–H and O–H groups in total. The topological polar surface area (TPSA) is 34.9 Å². The predicted octanol–water partition coefficient (Wildman–Crippen LogP) is 4.36. The van der Waals surface area contributed by atoms with Crippen molar-refractivity contribution in [2.45, 2.75) is 46.1 Å². The number of thiophene rings is 1. The van der Waals surface area contributed by atoms with Crippen molar-refractivity contribution in [3.8, 4) is 0 Å². The first-order valence-corrected chi connectivity index (χ1v) is 8.48. The minimum Gasteiger partial charge on any atom is -0.296 e. The molecule has 110 valence electrons. The molecule has 0 saturated carbocycles. The van der Waals surface area contributed by atoms with Crippen LogP contribution in [0.15, 0.2) is 29.1 Å². The highest BCUT2D eigenvalue weighted by molar-refractivity contribution is 7.25. The zero-order valence-corrected chi connectivity index (χ0v) is 13.4. The second kappa shape index (κ2) is 5.98. The van der Waals surface area contributed by atoms with E-state index in [0.29, 0.717) is 0 Å². The standard InChI is InChI=1S/C17H20N2OS/c1-3-5-8-11-19-14(4-2)18-16-15(17(19)20)12-9-6-7-10-13(12)21-16/h6-7,9-10H,3-5,8,11H2,1-2H3. The molecule has 0 amide bonds. The number of hydrogen-bond donors (Lipinski definition) is 0. The predicted molar refractivity (Wildman–Crippen MR) is 90.3 cm³/mol. The number of rotatable bonds is 5. The molecule has 3 rings (SSSR count). The lowest BCUT2D eigenvalue weighted by Gasteiger charge is -2.10. The SMILES string of the molecule is CCCCCn1c(CC)nc2sc3ccccc3c2c1=O. The first-order valence-electron chi connectivity index (χ1n) is 7.67. The smallest absolute Gasteiger partial charge is 0.262 e. The van der Waals surface area contributed by atoms with Crippen LogP contribution in [0.4, 0.5) is 0 Å². The second-order valence-corrected chi connectivity index (χ2v) is 6.35. The van der Waals surface area contributed by atoms with Gasteiger partial charge in [-0.25, -0.2) is 4.98 Å². The zero-order valence-electron chi connectivity index (χ0n) is 12.6. The van der Waals surface area contributed by atoms with Gasteiger partial charge >= 0.3 is 0 Å². The van der Waals surface area contributed by atoms with E-state index in [4.69, 9.17) is 4.98 Å². The minimum absolute atomic E-state index is 0.130. The van der Waals surface area contributed by atoms with E-state index < -0.39 is 0 Å². The van der Waals surface area contributed by atoms with Gasteiger partial charge in [0.15, 0.2) is 0 Å². The number of hydrogen-bond acceptors (Lipinski definition) is 3. The van der Waals surface area contributed by atoms with E-state index in [1.54, 1.807) is 11.3 Å². The Balaban J connectivity index is 2.23. The van der Waals surface area contributed by atoms with Crippen LogP contribution in [-0.4, -0.2) is 9.55 Å². The summed E-state index contributed by atoms with van der Waals surface area (Å²) >= 11 is 1.62. The quantitative estimate of drug-likeness (QED) is 0.656. The summed E-state index contributed by atoms with van der Waals surface area (Å²) in [7, 11) is 0. The Bertz CT molecular complexity index is 832. The fourth-order valence-corrected chi connectivity index (χ4v) is 3.85. The maximum Gasteiger partial charge on any atom is 0.262 e. The molecule has 1 aromatic carbocycles. The van der Waals surface area contributed by atoms with E-state index in [0.717, 1.165) is 58.4 Å². The van der Waals surface area contributed by atoms with Crippen LogP contribution in [0.1, 0.15) is 38.9 Å². The second-order valence-electron chi connectivity index (χ2n) is 5.32. The fraction of sp³-hybridized carbons (Fsp3) is 0.412. The molecule has 0 spiro atoms. The molecule has 4 heteroatoms. The van der Waals surface area contributed by atoms with Gasteiger partial charge in [0.1, 0.15) is 10.7 Å². The molecule has 0 aliphatic carbocycles. The van der Waals surface area contributed by atoms with Crippen LogP contribution >= 0.6 is 11.3 Å². The largest absolute Gasteiger partial charge is 0.296 e. The summed E-state index contributed by atoms with van der Waals surface area (Å²) in [6.45, 7) is 5.03. The number of nitrogens with zero attached hydrogens (tertiary/aromatic N) is 2. The van der Waals surface area contributed by atoms with Crippen LogP contribution in [0, 0.1) is 0 Å². The van der Waals surface area contributed by atoms with Crippen molar-refractivity contribution >= 4 is 31.6 Å². The monoisotopic (exact) mass is 300 g/mol. The van der Waals surface area contributed by atoms with E-state index in [9.17, 15) is 4.79 Å². The summed E-state index contributed by atoms with van der Waals surface area (Å²) in [6, 6.07) is 8.09. The normalized spacial score (nSPS) is 11.5. The van der Waals surface area contributed by atoms with E-state index >= 15 is 0 Å². The minimum atomic E-state index is 0.130. The first-order chi connectivity index (χ1) is 10.3. The van der Waals surface area contributed by atoms with Crippen molar-refractivity contribution in [2.24, 2.45) is 0 Å². The molecule has 0 bridgehead atoms. The molecule has 0 saturated heterocycles. The van der Waals surface area contributed by atoms with Crippen molar-refractivity contribution in [2.75, 3.05) is 0 Å². The van der Waals surface area contributed by atoms with E-state index in [1.807, 2.05) is 22.8 Å². The Morgan fingerprint density at radius 2 is 2.00 bits per heavy atom. The molecule has 3 aromatic rings. The molecular formula is C17H20N2OS. The Morgan fingerprint density at radius 1 is 1.19 bits per heavy atom. The highest BCUT2D eigenvalue weighted by atomic mass is 32.1. The molecule has 0 aliphatic heterocycles. The molecule has 0 fully saturated rings. The Morgan fingerprint density at radius 3 is 2.76 bits per heavy atom. The maximum absolute atomic E-state index is 12.9. The van der Waals surface area contributed by atoms with Gasteiger partial charge in [0.2, 0.25) is 0 Å². The summed E-state index contributed by atoms with van der Waals surface area (Å²) in [5.74, 6) is 0.912. The summed E-state index contributed by atoms with van der Waals surface area (Å²) in [6.07, 6.45) is 4.15. The van der Waals surface area contributed by atoms with Gasteiger partial charge < -0.3 is 0 Å². The molecular weight excluding hydrogens is 280 g/mol.